The molecule has 1 aromatic carbocycles. The van der Waals surface area contributed by atoms with Crippen molar-refractivity contribution in [3.8, 4) is 0 Å². The van der Waals surface area contributed by atoms with Crippen LogP contribution >= 0.6 is 34.7 Å². The summed E-state index contributed by atoms with van der Waals surface area (Å²) in [6, 6.07) is 8.22. The van der Waals surface area contributed by atoms with E-state index >= 15 is 0 Å². The molecule has 2 aromatic rings. The zero-order valence-corrected chi connectivity index (χ0v) is 11.0. The molecule has 0 radical (unpaired) electrons. The van der Waals surface area contributed by atoms with Crippen molar-refractivity contribution in [2.24, 2.45) is 0 Å². The Kier molecular flexibility index (Phi) is 4.27. The van der Waals surface area contributed by atoms with Gasteiger partial charge in [0.1, 0.15) is 5.82 Å². The number of aromatic nitrogens is 1. The summed E-state index contributed by atoms with van der Waals surface area (Å²) in [6.07, 6.45) is 0. The lowest BCUT2D eigenvalue weighted by molar-refractivity contribution is 0.866. The highest BCUT2D eigenvalue weighted by atomic mass is 35.5. The van der Waals surface area contributed by atoms with Gasteiger partial charge in [-0.25, -0.2) is 0 Å². The number of hydrogen-bond acceptors (Lipinski definition) is 3. The van der Waals surface area contributed by atoms with Gasteiger partial charge in [-0.15, -0.1) is 23.2 Å². The zero-order valence-electron chi connectivity index (χ0n) is 8.70. The van der Waals surface area contributed by atoms with Gasteiger partial charge in [0.2, 0.25) is 0 Å². The molecule has 0 spiro atoms. The number of anilines is 1. The van der Waals surface area contributed by atoms with Crippen LogP contribution in [0, 0.1) is 0 Å². The Morgan fingerprint density at radius 3 is 2.50 bits per heavy atom. The van der Waals surface area contributed by atoms with E-state index in [9.17, 15) is 0 Å². The third kappa shape index (κ3) is 2.42. The second-order valence-corrected chi connectivity index (χ2v) is 4.93. The molecule has 0 N–H and O–H groups in total. The summed E-state index contributed by atoms with van der Waals surface area (Å²) in [6.45, 7) is 1.56. The van der Waals surface area contributed by atoms with Gasteiger partial charge >= 0.3 is 0 Å². The Balaban J connectivity index is 2.36. The quantitative estimate of drug-likeness (QED) is 0.775. The highest BCUT2D eigenvalue weighted by Crippen LogP contribution is 2.29. The van der Waals surface area contributed by atoms with Gasteiger partial charge in [0.05, 0.1) is 4.70 Å². The first-order valence-corrected chi connectivity index (χ1v) is 6.92. The molecule has 86 valence electrons. The predicted octanol–water partition coefficient (Wildman–Crippen LogP) is 3.58. The lowest BCUT2D eigenvalue weighted by atomic mass is 10.2. The van der Waals surface area contributed by atoms with E-state index in [0.717, 1.165) is 18.9 Å². The molecule has 1 aromatic heterocycles. The number of nitrogens with zero attached hydrogens (tertiary/aromatic N) is 2. The van der Waals surface area contributed by atoms with Crippen molar-refractivity contribution in [1.29, 1.82) is 0 Å². The van der Waals surface area contributed by atoms with Gasteiger partial charge in [0.15, 0.2) is 0 Å². The normalized spacial score (nSPS) is 10.9. The highest BCUT2D eigenvalue weighted by molar-refractivity contribution is 7.13. The molecule has 0 bridgehead atoms. The Labute approximate surface area is 109 Å². The molecule has 5 heteroatoms. The molecule has 0 fully saturated rings. The van der Waals surface area contributed by atoms with Crippen molar-refractivity contribution < 1.29 is 0 Å². The van der Waals surface area contributed by atoms with Gasteiger partial charge in [0, 0.05) is 30.2 Å². The fourth-order valence-corrected chi connectivity index (χ4v) is 2.83. The predicted molar refractivity (Wildman–Crippen MR) is 73.3 cm³/mol. The average molecular weight is 275 g/mol. The van der Waals surface area contributed by atoms with Gasteiger partial charge in [-0.1, -0.05) is 12.1 Å². The number of rotatable bonds is 5. The molecule has 16 heavy (non-hydrogen) atoms. The van der Waals surface area contributed by atoms with Gasteiger partial charge in [-0.05, 0) is 23.7 Å². The van der Waals surface area contributed by atoms with Crippen molar-refractivity contribution in [3.05, 3.63) is 24.3 Å². The van der Waals surface area contributed by atoms with Crippen LogP contribution in [0.2, 0.25) is 0 Å². The molecule has 0 aliphatic rings. The summed E-state index contributed by atoms with van der Waals surface area (Å²) < 4.78 is 5.68. The van der Waals surface area contributed by atoms with Gasteiger partial charge < -0.3 is 4.90 Å². The second kappa shape index (κ2) is 5.71. The van der Waals surface area contributed by atoms with Gasteiger partial charge in [-0.2, -0.15) is 4.37 Å². The van der Waals surface area contributed by atoms with Gasteiger partial charge in [0.25, 0.3) is 0 Å². The monoisotopic (exact) mass is 274 g/mol. The zero-order chi connectivity index (χ0) is 11.4. The van der Waals surface area contributed by atoms with E-state index in [-0.39, 0.29) is 0 Å². The number of halogens is 2. The Hall–Kier alpha value is -0.510. The molecule has 0 amide bonds. The summed E-state index contributed by atoms with van der Waals surface area (Å²) in [5, 5.41) is 1.18. The van der Waals surface area contributed by atoms with Crippen molar-refractivity contribution in [2.75, 3.05) is 29.7 Å². The molecular formula is C11H12Cl2N2S. The minimum atomic E-state index is 0.586. The summed E-state index contributed by atoms with van der Waals surface area (Å²) in [4.78, 5) is 2.14. The summed E-state index contributed by atoms with van der Waals surface area (Å²) in [7, 11) is 0. The molecule has 0 saturated heterocycles. The van der Waals surface area contributed by atoms with E-state index in [1.54, 1.807) is 0 Å². The first-order chi connectivity index (χ1) is 7.86. The molecule has 2 nitrogen and oxygen atoms in total. The van der Waals surface area contributed by atoms with Crippen molar-refractivity contribution in [2.45, 2.75) is 0 Å². The number of hydrogen-bond donors (Lipinski definition) is 0. The fraction of sp³-hybridized carbons (Fsp3) is 0.364. The van der Waals surface area contributed by atoms with Crippen LogP contribution in [0.4, 0.5) is 5.82 Å². The first-order valence-electron chi connectivity index (χ1n) is 5.08. The van der Waals surface area contributed by atoms with E-state index in [4.69, 9.17) is 23.2 Å². The molecule has 0 unspecified atom stereocenters. The molecular weight excluding hydrogens is 263 g/mol. The van der Waals surface area contributed by atoms with E-state index < -0.39 is 0 Å². The summed E-state index contributed by atoms with van der Waals surface area (Å²) in [5.41, 5.74) is 0. The smallest absolute Gasteiger partial charge is 0.150 e. The van der Waals surface area contributed by atoms with Crippen molar-refractivity contribution in [3.63, 3.8) is 0 Å². The van der Waals surface area contributed by atoms with Crippen molar-refractivity contribution >= 4 is 50.6 Å². The Morgan fingerprint density at radius 2 is 1.81 bits per heavy atom. The molecule has 0 atom stereocenters. The maximum atomic E-state index is 5.79. The van der Waals surface area contributed by atoms with Crippen LogP contribution in [-0.2, 0) is 0 Å². The largest absolute Gasteiger partial charge is 0.353 e. The Morgan fingerprint density at radius 1 is 1.12 bits per heavy atom. The molecule has 1 heterocycles. The second-order valence-electron chi connectivity index (χ2n) is 3.37. The van der Waals surface area contributed by atoms with E-state index in [2.05, 4.69) is 21.4 Å². The fourth-order valence-electron chi connectivity index (χ4n) is 1.63. The molecule has 0 saturated carbocycles. The first kappa shape index (κ1) is 12.0. The SMILES string of the molecule is ClCCN(CCCl)c1nsc2ccccc12. The number of alkyl halides is 2. The standard InChI is InChI=1S/C11H12Cl2N2S/c12-5-7-15(8-6-13)11-9-3-1-2-4-10(9)16-14-11/h1-4H,5-8H2. The van der Waals surface area contributed by atoms with Crippen LogP contribution in [0.15, 0.2) is 24.3 Å². The van der Waals surface area contributed by atoms with Crippen LogP contribution < -0.4 is 4.90 Å². The van der Waals surface area contributed by atoms with Crippen molar-refractivity contribution in [1.82, 2.24) is 4.37 Å². The molecule has 0 aliphatic carbocycles. The van der Waals surface area contributed by atoms with E-state index in [1.807, 2.05) is 12.1 Å². The maximum Gasteiger partial charge on any atom is 0.150 e. The topological polar surface area (TPSA) is 16.1 Å². The van der Waals surface area contributed by atoms with Crippen LogP contribution in [0.5, 0.6) is 0 Å². The van der Waals surface area contributed by atoms with E-state index in [0.29, 0.717) is 11.8 Å². The number of fused-ring (bicyclic) bond motifs is 1. The third-order valence-corrected chi connectivity index (χ3v) is 3.52. The molecule has 0 aliphatic heterocycles. The van der Waals surface area contributed by atoms with Crippen LogP contribution in [0.1, 0.15) is 0 Å². The number of benzene rings is 1. The summed E-state index contributed by atoms with van der Waals surface area (Å²) in [5.74, 6) is 2.17. The minimum Gasteiger partial charge on any atom is -0.353 e. The lowest BCUT2D eigenvalue weighted by Gasteiger charge is -2.20. The average Bonchev–Trinajstić information content (AvgIpc) is 2.72. The lowest BCUT2D eigenvalue weighted by Crippen LogP contribution is -2.27. The Bertz CT molecular complexity index is 452. The van der Waals surface area contributed by atoms with Gasteiger partial charge in [-0.3, -0.25) is 0 Å². The summed E-state index contributed by atoms with van der Waals surface area (Å²) >= 11 is 13.1. The van der Waals surface area contributed by atoms with Crippen LogP contribution in [-0.4, -0.2) is 29.2 Å². The van der Waals surface area contributed by atoms with Crippen LogP contribution in [0.3, 0.4) is 0 Å². The maximum absolute atomic E-state index is 5.79. The highest BCUT2D eigenvalue weighted by Gasteiger charge is 2.12. The van der Waals surface area contributed by atoms with E-state index in [1.165, 1.54) is 21.6 Å². The molecule has 2 rings (SSSR count). The third-order valence-electron chi connectivity index (χ3n) is 2.37. The minimum absolute atomic E-state index is 0.586. The van der Waals surface area contributed by atoms with Crippen LogP contribution in [0.25, 0.3) is 10.1 Å².